The molecule has 2 aromatic rings. The van der Waals surface area contributed by atoms with Crippen LogP contribution in [0.5, 0.6) is 11.5 Å². The summed E-state index contributed by atoms with van der Waals surface area (Å²) in [4.78, 5) is 10.3. The van der Waals surface area contributed by atoms with E-state index in [1.165, 1.54) is 12.1 Å². The summed E-state index contributed by atoms with van der Waals surface area (Å²) in [5, 5.41) is 11.0. The van der Waals surface area contributed by atoms with Gasteiger partial charge in [0, 0.05) is 6.07 Å². The Morgan fingerprint density at radius 1 is 1.06 bits per heavy atom. The molecule has 0 N–H and O–H groups in total. The molecule has 0 amide bonds. The van der Waals surface area contributed by atoms with Gasteiger partial charge in [0.1, 0.15) is 5.75 Å². The molecule has 0 bridgehead atoms. The van der Waals surface area contributed by atoms with Crippen LogP contribution in [0.4, 0.5) is 5.69 Å². The number of ether oxygens (including phenoxy) is 1. The fourth-order valence-corrected chi connectivity index (χ4v) is 1.56. The first-order valence-corrected chi connectivity index (χ1v) is 5.22. The van der Waals surface area contributed by atoms with Gasteiger partial charge in [-0.05, 0) is 18.2 Å². The highest BCUT2D eigenvalue weighted by molar-refractivity contribution is 6.32. The summed E-state index contributed by atoms with van der Waals surface area (Å²) in [6, 6.07) is 13.2. The van der Waals surface area contributed by atoms with Gasteiger partial charge >= 0.3 is 5.69 Å². The van der Waals surface area contributed by atoms with Crippen molar-refractivity contribution >= 4 is 17.3 Å². The minimum atomic E-state index is -0.524. The van der Waals surface area contributed by atoms with E-state index in [2.05, 4.69) is 0 Å². The molecule has 0 saturated carbocycles. The Morgan fingerprint density at radius 2 is 1.76 bits per heavy atom. The average Bonchev–Trinajstić information content (AvgIpc) is 2.33. The van der Waals surface area contributed by atoms with E-state index in [1.54, 1.807) is 30.3 Å². The molecule has 0 unspecified atom stereocenters. The molecule has 0 radical (unpaired) electrons. The molecule has 0 fully saturated rings. The van der Waals surface area contributed by atoms with Gasteiger partial charge in [-0.25, -0.2) is 0 Å². The Bertz CT molecular complexity index is 543. The van der Waals surface area contributed by atoms with Crippen LogP contribution in [0.25, 0.3) is 0 Å². The molecule has 0 atom stereocenters. The Hall–Kier alpha value is -2.07. The summed E-state index contributed by atoms with van der Waals surface area (Å²) >= 11 is 5.89. The van der Waals surface area contributed by atoms with E-state index in [-0.39, 0.29) is 16.5 Å². The molecule has 0 aliphatic rings. The SMILES string of the molecule is O=[N+]([O-])c1cccc(Cl)c1Oc1ccccc1. The monoisotopic (exact) mass is 249 g/mol. The Labute approximate surface area is 103 Å². The highest BCUT2D eigenvalue weighted by Crippen LogP contribution is 2.37. The van der Waals surface area contributed by atoms with Gasteiger partial charge in [0.25, 0.3) is 0 Å². The Balaban J connectivity index is 2.41. The number of rotatable bonds is 3. The number of hydrogen-bond donors (Lipinski definition) is 0. The smallest absolute Gasteiger partial charge is 0.313 e. The molecule has 0 heterocycles. The van der Waals surface area contributed by atoms with Crippen LogP contribution >= 0.6 is 11.6 Å². The summed E-state index contributed by atoms with van der Waals surface area (Å²) < 4.78 is 5.43. The molecule has 0 spiro atoms. The predicted molar refractivity (Wildman–Crippen MR) is 64.6 cm³/mol. The van der Waals surface area contributed by atoms with Gasteiger partial charge in [-0.2, -0.15) is 0 Å². The largest absolute Gasteiger partial charge is 0.449 e. The summed E-state index contributed by atoms with van der Waals surface area (Å²) in [6.45, 7) is 0. The predicted octanol–water partition coefficient (Wildman–Crippen LogP) is 4.04. The van der Waals surface area contributed by atoms with E-state index >= 15 is 0 Å². The standard InChI is InChI=1S/C12H8ClNO3/c13-10-7-4-8-11(14(15)16)12(10)17-9-5-2-1-3-6-9/h1-8H. The molecule has 86 valence electrons. The molecule has 5 heteroatoms. The number of halogens is 1. The van der Waals surface area contributed by atoms with Crippen LogP contribution in [-0.4, -0.2) is 4.92 Å². The molecule has 0 aromatic heterocycles. The maximum atomic E-state index is 10.8. The molecule has 4 nitrogen and oxygen atoms in total. The van der Waals surface area contributed by atoms with Gasteiger partial charge in [-0.15, -0.1) is 0 Å². The summed E-state index contributed by atoms with van der Waals surface area (Å²) in [5.41, 5.74) is -0.152. The highest BCUT2D eigenvalue weighted by Gasteiger charge is 2.18. The second kappa shape index (κ2) is 4.84. The topological polar surface area (TPSA) is 52.4 Å². The first-order chi connectivity index (χ1) is 8.18. The number of para-hydroxylation sites is 2. The molecular weight excluding hydrogens is 242 g/mol. The lowest BCUT2D eigenvalue weighted by Crippen LogP contribution is -1.93. The first-order valence-electron chi connectivity index (χ1n) is 4.84. The minimum Gasteiger partial charge on any atom is -0.449 e. The van der Waals surface area contributed by atoms with Crippen LogP contribution < -0.4 is 4.74 Å². The number of nitrogens with zero attached hydrogens (tertiary/aromatic N) is 1. The van der Waals surface area contributed by atoms with Gasteiger partial charge in [0.05, 0.1) is 9.95 Å². The number of hydrogen-bond acceptors (Lipinski definition) is 3. The van der Waals surface area contributed by atoms with E-state index in [9.17, 15) is 10.1 Å². The van der Waals surface area contributed by atoms with E-state index < -0.39 is 4.92 Å². The Kier molecular flexibility index (Phi) is 3.25. The van der Waals surface area contributed by atoms with Gasteiger partial charge in [-0.3, -0.25) is 10.1 Å². The van der Waals surface area contributed by atoms with Crippen LogP contribution in [0.1, 0.15) is 0 Å². The van der Waals surface area contributed by atoms with Crippen molar-refractivity contribution in [3.63, 3.8) is 0 Å². The van der Waals surface area contributed by atoms with Crippen LogP contribution in [0.2, 0.25) is 5.02 Å². The average molecular weight is 250 g/mol. The van der Waals surface area contributed by atoms with E-state index in [0.717, 1.165) is 0 Å². The zero-order valence-electron chi connectivity index (χ0n) is 8.67. The summed E-state index contributed by atoms with van der Waals surface area (Å²) in [5.74, 6) is 0.564. The van der Waals surface area contributed by atoms with E-state index in [0.29, 0.717) is 5.75 Å². The van der Waals surface area contributed by atoms with Crippen molar-refractivity contribution in [2.75, 3.05) is 0 Å². The number of benzene rings is 2. The third kappa shape index (κ3) is 2.54. The van der Waals surface area contributed by atoms with Gasteiger partial charge in [0.2, 0.25) is 5.75 Å². The van der Waals surface area contributed by atoms with Crippen molar-refractivity contribution in [3.8, 4) is 11.5 Å². The minimum absolute atomic E-state index is 0.0605. The molecule has 2 rings (SSSR count). The lowest BCUT2D eigenvalue weighted by Gasteiger charge is -2.07. The molecule has 0 aliphatic carbocycles. The highest BCUT2D eigenvalue weighted by atomic mass is 35.5. The zero-order valence-corrected chi connectivity index (χ0v) is 9.42. The fourth-order valence-electron chi connectivity index (χ4n) is 1.35. The van der Waals surface area contributed by atoms with Crippen molar-refractivity contribution in [1.82, 2.24) is 0 Å². The molecule has 17 heavy (non-hydrogen) atoms. The van der Waals surface area contributed by atoms with Gasteiger partial charge in [-0.1, -0.05) is 35.9 Å². The molecule has 0 saturated heterocycles. The summed E-state index contributed by atoms with van der Waals surface area (Å²) in [7, 11) is 0. The van der Waals surface area contributed by atoms with Gasteiger partial charge in [0.15, 0.2) is 0 Å². The second-order valence-corrected chi connectivity index (χ2v) is 3.67. The fraction of sp³-hybridized carbons (Fsp3) is 0. The lowest BCUT2D eigenvalue weighted by atomic mass is 10.3. The zero-order chi connectivity index (χ0) is 12.3. The molecule has 2 aromatic carbocycles. The third-order valence-electron chi connectivity index (χ3n) is 2.11. The quantitative estimate of drug-likeness (QED) is 0.609. The van der Waals surface area contributed by atoms with Crippen LogP contribution in [-0.2, 0) is 0 Å². The van der Waals surface area contributed by atoms with E-state index in [1.807, 2.05) is 6.07 Å². The maximum Gasteiger partial charge on any atom is 0.313 e. The number of nitro benzene ring substituents is 1. The van der Waals surface area contributed by atoms with Gasteiger partial charge < -0.3 is 4.74 Å². The Morgan fingerprint density at radius 3 is 2.41 bits per heavy atom. The van der Waals surface area contributed by atoms with Crippen molar-refractivity contribution in [2.45, 2.75) is 0 Å². The van der Waals surface area contributed by atoms with Crippen molar-refractivity contribution in [2.24, 2.45) is 0 Å². The lowest BCUT2D eigenvalue weighted by molar-refractivity contribution is -0.385. The molecule has 0 aliphatic heterocycles. The maximum absolute atomic E-state index is 10.8. The van der Waals surface area contributed by atoms with Crippen LogP contribution in [0.15, 0.2) is 48.5 Å². The molecular formula is C12H8ClNO3. The second-order valence-electron chi connectivity index (χ2n) is 3.26. The van der Waals surface area contributed by atoms with Crippen molar-refractivity contribution < 1.29 is 9.66 Å². The van der Waals surface area contributed by atoms with E-state index in [4.69, 9.17) is 16.3 Å². The first kappa shape index (κ1) is 11.4. The summed E-state index contributed by atoms with van der Waals surface area (Å²) in [6.07, 6.45) is 0. The van der Waals surface area contributed by atoms with Crippen LogP contribution in [0.3, 0.4) is 0 Å². The van der Waals surface area contributed by atoms with Crippen LogP contribution in [0, 0.1) is 10.1 Å². The third-order valence-corrected chi connectivity index (χ3v) is 2.40. The van der Waals surface area contributed by atoms with Crippen molar-refractivity contribution in [3.05, 3.63) is 63.7 Å². The number of nitro groups is 1. The van der Waals surface area contributed by atoms with Crippen molar-refractivity contribution in [1.29, 1.82) is 0 Å². The normalized spacial score (nSPS) is 9.94.